The molecule has 0 radical (unpaired) electrons. The van der Waals surface area contributed by atoms with Gasteiger partial charge in [0.05, 0.1) is 0 Å². The molecule has 24 heavy (non-hydrogen) atoms. The van der Waals surface area contributed by atoms with Crippen LogP contribution in [0, 0.1) is 23.7 Å². The summed E-state index contributed by atoms with van der Waals surface area (Å²) < 4.78 is 0. The van der Waals surface area contributed by atoms with Crippen LogP contribution in [0.2, 0.25) is 0 Å². The zero-order valence-corrected chi connectivity index (χ0v) is 17.7. The summed E-state index contributed by atoms with van der Waals surface area (Å²) in [6.45, 7) is 14.5. The van der Waals surface area contributed by atoms with E-state index in [1.54, 1.807) is 0 Å². The molecule has 2 nitrogen and oxygen atoms in total. The minimum Gasteiger partial charge on any atom is -0.396 e. The van der Waals surface area contributed by atoms with Gasteiger partial charge in [-0.3, -0.25) is 0 Å². The third kappa shape index (κ3) is 18.3. The van der Waals surface area contributed by atoms with E-state index in [0.29, 0.717) is 13.2 Å². The first-order valence-electron chi connectivity index (χ1n) is 10.6. The highest BCUT2D eigenvalue weighted by Crippen LogP contribution is 2.21. The summed E-state index contributed by atoms with van der Waals surface area (Å²) in [6.07, 6.45) is 12.3. The van der Waals surface area contributed by atoms with Crippen molar-refractivity contribution in [2.45, 2.75) is 106 Å². The van der Waals surface area contributed by atoms with Gasteiger partial charge < -0.3 is 10.2 Å². The third-order valence-corrected chi connectivity index (χ3v) is 5.24. The van der Waals surface area contributed by atoms with E-state index >= 15 is 0 Å². The molecule has 4 atom stereocenters. The molecule has 0 spiro atoms. The molecule has 2 heteroatoms. The smallest absolute Gasteiger partial charge is 0.0431 e. The van der Waals surface area contributed by atoms with E-state index in [1.807, 2.05) is 0 Å². The van der Waals surface area contributed by atoms with Gasteiger partial charge >= 0.3 is 0 Å². The van der Waals surface area contributed by atoms with Crippen molar-refractivity contribution < 1.29 is 10.2 Å². The summed E-state index contributed by atoms with van der Waals surface area (Å²) in [6, 6.07) is 0. The lowest BCUT2D eigenvalue weighted by molar-refractivity contribution is 0.252. The monoisotopic (exact) mass is 344 g/mol. The summed E-state index contributed by atoms with van der Waals surface area (Å²) in [5.41, 5.74) is 0. The molecule has 4 unspecified atom stereocenters. The zero-order chi connectivity index (χ0) is 18.8. The van der Waals surface area contributed by atoms with E-state index in [2.05, 4.69) is 41.5 Å². The van der Waals surface area contributed by atoms with Crippen molar-refractivity contribution in [2.75, 3.05) is 13.2 Å². The Labute approximate surface area is 153 Å². The molecule has 0 aromatic carbocycles. The maximum Gasteiger partial charge on any atom is 0.0431 e. The second-order valence-electron chi connectivity index (χ2n) is 8.06. The summed E-state index contributed by atoms with van der Waals surface area (Å²) in [7, 11) is 0. The van der Waals surface area contributed by atoms with Gasteiger partial charge in [0.1, 0.15) is 0 Å². The van der Waals surface area contributed by atoms with Crippen LogP contribution < -0.4 is 0 Å². The van der Waals surface area contributed by atoms with Crippen molar-refractivity contribution in [1.29, 1.82) is 0 Å². The molecule has 2 N–H and O–H groups in total. The fraction of sp³-hybridized carbons (Fsp3) is 1.00. The lowest BCUT2D eigenvalue weighted by atomic mass is 9.88. The lowest BCUT2D eigenvalue weighted by Gasteiger charge is -2.18. The lowest BCUT2D eigenvalue weighted by Crippen LogP contribution is -2.08. The van der Waals surface area contributed by atoms with Gasteiger partial charge in [0.15, 0.2) is 0 Å². The Bertz CT molecular complexity index is 218. The number of aliphatic hydroxyl groups is 2. The number of unbranched alkanes of at least 4 members (excludes halogenated alkanes) is 1. The maximum absolute atomic E-state index is 8.67. The standard InChI is InChI=1S/2C11H24O/c1-4-6-10(2)9-11(3)7-5-8-12;1-4-5-7-10(2)11(3)8-6-9-12/h2*10-12H,4-9H2,1-3H3. The molecule has 0 aliphatic heterocycles. The summed E-state index contributed by atoms with van der Waals surface area (Å²) in [4.78, 5) is 0. The molecule has 0 fully saturated rings. The Kier molecular flexibility index (Phi) is 21.0. The van der Waals surface area contributed by atoms with Crippen molar-refractivity contribution in [1.82, 2.24) is 0 Å². The van der Waals surface area contributed by atoms with E-state index in [0.717, 1.165) is 36.5 Å². The molecule has 0 saturated heterocycles. The number of rotatable bonds is 14. The SMILES string of the molecule is CCCC(C)CC(C)CCCO.CCCCC(C)C(C)CCCO. The molecule has 0 aliphatic carbocycles. The molecule has 0 rings (SSSR count). The Morgan fingerprint density at radius 3 is 1.50 bits per heavy atom. The minimum atomic E-state index is 0.352. The predicted molar refractivity (Wildman–Crippen MR) is 108 cm³/mol. The first-order valence-corrected chi connectivity index (χ1v) is 10.6. The zero-order valence-electron chi connectivity index (χ0n) is 17.7. The van der Waals surface area contributed by atoms with E-state index in [1.165, 1.54) is 51.4 Å². The van der Waals surface area contributed by atoms with Crippen molar-refractivity contribution in [3.8, 4) is 0 Å². The van der Waals surface area contributed by atoms with E-state index in [4.69, 9.17) is 10.2 Å². The minimum absolute atomic E-state index is 0.352. The number of hydrogen-bond acceptors (Lipinski definition) is 2. The quantitative estimate of drug-likeness (QED) is 0.380. The fourth-order valence-corrected chi connectivity index (χ4v) is 3.36. The number of hydrogen-bond donors (Lipinski definition) is 2. The van der Waals surface area contributed by atoms with Gasteiger partial charge in [0, 0.05) is 13.2 Å². The topological polar surface area (TPSA) is 40.5 Å². The Morgan fingerprint density at radius 1 is 0.583 bits per heavy atom. The van der Waals surface area contributed by atoms with Gasteiger partial charge in [-0.25, -0.2) is 0 Å². The Hall–Kier alpha value is -0.0800. The largest absolute Gasteiger partial charge is 0.396 e. The van der Waals surface area contributed by atoms with Gasteiger partial charge in [-0.2, -0.15) is 0 Å². The summed E-state index contributed by atoms with van der Waals surface area (Å²) in [5.74, 6) is 3.27. The highest BCUT2D eigenvalue weighted by atomic mass is 16.3. The van der Waals surface area contributed by atoms with Crippen molar-refractivity contribution >= 4 is 0 Å². The van der Waals surface area contributed by atoms with Gasteiger partial charge in [0.2, 0.25) is 0 Å². The van der Waals surface area contributed by atoms with Gasteiger partial charge in [0.25, 0.3) is 0 Å². The van der Waals surface area contributed by atoms with Crippen molar-refractivity contribution in [3.63, 3.8) is 0 Å². The van der Waals surface area contributed by atoms with Crippen LogP contribution in [-0.2, 0) is 0 Å². The van der Waals surface area contributed by atoms with Gasteiger partial charge in [-0.15, -0.1) is 0 Å². The Morgan fingerprint density at radius 2 is 1.04 bits per heavy atom. The van der Waals surface area contributed by atoms with E-state index < -0.39 is 0 Å². The molecule has 148 valence electrons. The van der Waals surface area contributed by atoms with E-state index in [9.17, 15) is 0 Å². The van der Waals surface area contributed by atoms with Crippen molar-refractivity contribution in [3.05, 3.63) is 0 Å². The van der Waals surface area contributed by atoms with Crippen LogP contribution in [0.4, 0.5) is 0 Å². The molecule has 0 aromatic rings. The summed E-state index contributed by atoms with van der Waals surface area (Å²) >= 11 is 0. The van der Waals surface area contributed by atoms with Crippen LogP contribution in [0.25, 0.3) is 0 Å². The molecule has 0 aliphatic rings. The highest BCUT2D eigenvalue weighted by Gasteiger charge is 2.10. The fourth-order valence-electron chi connectivity index (χ4n) is 3.36. The predicted octanol–water partition coefficient (Wildman–Crippen LogP) is 6.44. The molecular weight excluding hydrogens is 296 g/mol. The van der Waals surface area contributed by atoms with E-state index in [-0.39, 0.29) is 0 Å². The average molecular weight is 345 g/mol. The second-order valence-corrected chi connectivity index (χ2v) is 8.06. The maximum atomic E-state index is 8.67. The van der Waals surface area contributed by atoms with Crippen LogP contribution in [0.15, 0.2) is 0 Å². The second kappa shape index (κ2) is 19.2. The third-order valence-electron chi connectivity index (χ3n) is 5.24. The van der Waals surface area contributed by atoms with Gasteiger partial charge in [-0.1, -0.05) is 73.6 Å². The summed E-state index contributed by atoms with van der Waals surface area (Å²) in [5, 5.41) is 17.3. The average Bonchev–Trinajstić information content (AvgIpc) is 2.56. The van der Waals surface area contributed by atoms with Crippen LogP contribution in [0.3, 0.4) is 0 Å². The molecule has 0 amide bonds. The molecular formula is C22H48O2. The molecule has 0 bridgehead atoms. The normalized spacial score (nSPS) is 16.0. The Balaban J connectivity index is 0. The first-order chi connectivity index (χ1) is 11.4. The van der Waals surface area contributed by atoms with Crippen LogP contribution >= 0.6 is 0 Å². The van der Waals surface area contributed by atoms with Crippen molar-refractivity contribution in [2.24, 2.45) is 23.7 Å². The molecule has 0 aromatic heterocycles. The number of aliphatic hydroxyl groups excluding tert-OH is 2. The first kappa shape index (κ1) is 26.2. The van der Waals surface area contributed by atoms with Crippen LogP contribution in [-0.4, -0.2) is 23.4 Å². The van der Waals surface area contributed by atoms with Crippen LogP contribution in [0.1, 0.15) is 106 Å². The molecule has 0 saturated carbocycles. The molecule has 0 heterocycles. The van der Waals surface area contributed by atoms with Crippen LogP contribution in [0.5, 0.6) is 0 Å². The highest BCUT2D eigenvalue weighted by molar-refractivity contribution is 4.62. The van der Waals surface area contributed by atoms with Gasteiger partial charge in [-0.05, 0) is 55.8 Å².